The molecule has 114 valence electrons. The predicted molar refractivity (Wildman–Crippen MR) is 91.7 cm³/mol. The van der Waals surface area contributed by atoms with Crippen molar-refractivity contribution in [3.05, 3.63) is 40.6 Å². The average Bonchev–Trinajstić information content (AvgIpc) is 2.87. The van der Waals surface area contributed by atoms with Crippen LogP contribution in [0.3, 0.4) is 0 Å². The Morgan fingerprint density at radius 1 is 1.43 bits per heavy atom. The van der Waals surface area contributed by atoms with E-state index in [0.29, 0.717) is 6.04 Å². The zero-order valence-electron chi connectivity index (χ0n) is 12.4. The van der Waals surface area contributed by atoms with E-state index in [9.17, 15) is 0 Å². The SMILES string of the molecule is CCCNC(CSc1cccc(Br)c1)Cc1cn(C)nn1. The molecule has 0 aliphatic carbocycles. The van der Waals surface area contributed by atoms with Crippen molar-refractivity contribution in [1.82, 2.24) is 20.3 Å². The Morgan fingerprint density at radius 2 is 2.29 bits per heavy atom. The number of nitrogens with zero attached hydrogens (tertiary/aromatic N) is 3. The minimum Gasteiger partial charge on any atom is -0.313 e. The summed E-state index contributed by atoms with van der Waals surface area (Å²) in [6.45, 7) is 3.22. The van der Waals surface area contributed by atoms with Gasteiger partial charge < -0.3 is 5.32 Å². The summed E-state index contributed by atoms with van der Waals surface area (Å²) in [4.78, 5) is 1.28. The van der Waals surface area contributed by atoms with Gasteiger partial charge in [-0.2, -0.15) is 0 Å². The van der Waals surface area contributed by atoms with Gasteiger partial charge in [0.25, 0.3) is 0 Å². The minimum atomic E-state index is 0.408. The second kappa shape index (κ2) is 8.56. The molecule has 0 amide bonds. The molecule has 0 fully saturated rings. The maximum absolute atomic E-state index is 4.19. The van der Waals surface area contributed by atoms with E-state index in [0.717, 1.165) is 35.3 Å². The van der Waals surface area contributed by atoms with Gasteiger partial charge in [0.1, 0.15) is 0 Å². The molecule has 0 spiro atoms. The summed E-state index contributed by atoms with van der Waals surface area (Å²) in [7, 11) is 1.90. The molecular formula is C15H21BrN4S. The third-order valence-corrected chi connectivity index (χ3v) is 4.69. The van der Waals surface area contributed by atoms with Gasteiger partial charge in [-0.05, 0) is 31.2 Å². The van der Waals surface area contributed by atoms with Gasteiger partial charge in [-0.3, -0.25) is 4.68 Å². The largest absolute Gasteiger partial charge is 0.313 e. The molecule has 0 bridgehead atoms. The Hall–Kier alpha value is -0.850. The van der Waals surface area contributed by atoms with Crippen molar-refractivity contribution in [2.24, 2.45) is 7.05 Å². The highest BCUT2D eigenvalue weighted by molar-refractivity contribution is 9.10. The zero-order chi connectivity index (χ0) is 15.1. The number of aromatic nitrogens is 3. The van der Waals surface area contributed by atoms with Crippen molar-refractivity contribution in [2.75, 3.05) is 12.3 Å². The molecule has 0 saturated carbocycles. The minimum absolute atomic E-state index is 0.408. The molecule has 1 aromatic heterocycles. The first-order valence-corrected chi connectivity index (χ1v) is 8.92. The molecule has 1 unspecified atom stereocenters. The van der Waals surface area contributed by atoms with E-state index in [-0.39, 0.29) is 0 Å². The molecule has 0 aliphatic rings. The highest BCUT2D eigenvalue weighted by atomic mass is 79.9. The molecule has 1 N–H and O–H groups in total. The number of rotatable bonds is 8. The van der Waals surface area contributed by atoms with Crippen LogP contribution in [-0.2, 0) is 13.5 Å². The molecule has 21 heavy (non-hydrogen) atoms. The number of aryl methyl sites for hydroxylation is 1. The number of nitrogens with one attached hydrogen (secondary N) is 1. The van der Waals surface area contributed by atoms with Crippen LogP contribution >= 0.6 is 27.7 Å². The first-order valence-electron chi connectivity index (χ1n) is 7.14. The summed E-state index contributed by atoms with van der Waals surface area (Å²) in [5.41, 5.74) is 1.04. The zero-order valence-corrected chi connectivity index (χ0v) is 14.8. The third-order valence-electron chi connectivity index (χ3n) is 3.04. The van der Waals surface area contributed by atoms with Gasteiger partial charge in [0.2, 0.25) is 0 Å². The first kappa shape index (κ1) is 16.5. The van der Waals surface area contributed by atoms with E-state index >= 15 is 0 Å². The molecule has 1 aromatic carbocycles. The average molecular weight is 369 g/mol. The summed E-state index contributed by atoms with van der Waals surface area (Å²) < 4.78 is 2.88. The maximum Gasteiger partial charge on any atom is 0.0842 e. The van der Waals surface area contributed by atoms with Crippen LogP contribution in [0.5, 0.6) is 0 Å². The van der Waals surface area contributed by atoms with Gasteiger partial charge in [-0.25, -0.2) is 0 Å². The molecule has 4 nitrogen and oxygen atoms in total. The fourth-order valence-electron chi connectivity index (χ4n) is 2.03. The van der Waals surface area contributed by atoms with Crippen LogP contribution in [0, 0.1) is 0 Å². The van der Waals surface area contributed by atoms with Gasteiger partial charge in [0.05, 0.1) is 5.69 Å². The van der Waals surface area contributed by atoms with Crippen molar-refractivity contribution in [2.45, 2.75) is 30.7 Å². The molecule has 1 heterocycles. The van der Waals surface area contributed by atoms with Crippen molar-refractivity contribution in [3.63, 3.8) is 0 Å². The molecule has 6 heteroatoms. The molecule has 0 radical (unpaired) electrons. The summed E-state index contributed by atoms with van der Waals surface area (Å²) in [6, 6.07) is 8.84. The van der Waals surface area contributed by atoms with Crippen molar-refractivity contribution < 1.29 is 0 Å². The van der Waals surface area contributed by atoms with Crippen LogP contribution in [0.4, 0.5) is 0 Å². The van der Waals surface area contributed by atoms with E-state index in [4.69, 9.17) is 0 Å². The van der Waals surface area contributed by atoms with Gasteiger partial charge in [0, 0.05) is 40.8 Å². The maximum atomic E-state index is 4.19. The number of hydrogen-bond donors (Lipinski definition) is 1. The predicted octanol–water partition coefficient (Wildman–Crippen LogP) is 3.28. The highest BCUT2D eigenvalue weighted by Gasteiger charge is 2.12. The van der Waals surface area contributed by atoms with Crippen molar-refractivity contribution >= 4 is 27.7 Å². The smallest absolute Gasteiger partial charge is 0.0842 e. The number of halogens is 1. The molecular weight excluding hydrogens is 348 g/mol. The standard InChI is InChI=1S/C15H21BrN4S/c1-3-7-17-14(9-13-10-20(2)19-18-13)11-21-15-6-4-5-12(16)8-15/h4-6,8,10,14,17H,3,7,9,11H2,1-2H3. The van der Waals surface area contributed by atoms with Crippen LogP contribution in [0.15, 0.2) is 39.8 Å². The van der Waals surface area contributed by atoms with Crippen LogP contribution in [0.1, 0.15) is 19.0 Å². The lowest BCUT2D eigenvalue weighted by atomic mass is 10.2. The summed E-state index contributed by atoms with van der Waals surface area (Å²) >= 11 is 5.39. The van der Waals surface area contributed by atoms with Gasteiger partial charge in [-0.1, -0.05) is 34.1 Å². The topological polar surface area (TPSA) is 42.7 Å². The molecule has 2 aromatic rings. The Kier molecular flexibility index (Phi) is 6.73. The van der Waals surface area contributed by atoms with E-state index in [1.54, 1.807) is 4.68 Å². The van der Waals surface area contributed by atoms with E-state index in [1.807, 2.05) is 25.0 Å². The molecule has 1 atom stereocenters. The van der Waals surface area contributed by atoms with E-state index < -0.39 is 0 Å². The summed E-state index contributed by atoms with van der Waals surface area (Å²) in [5.74, 6) is 1.02. The fraction of sp³-hybridized carbons (Fsp3) is 0.467. The van der Waals surface area contributed by atoms with Crippen LogP contribution < -0.4 is 5.32 Å². The lowest BCUT2D eigenvalue weighted by Gasteiger charge is -2.17. The lowest BCUT2D eigenvalue weighted by Crippen LogP contribution is -2.34. The Labute approximate surface area is 138 Å². The number of thioether (sulfide) groups is 1. The Balaban J connectivity index is 1.92. The van der Waals surface area contributed by atoms with Gasteiger partial charge >= 0.3 is 0 Å². The number of benzene rings is 1. The van der Waals surface area contributed by atoms with Crippen LogP contribution in [0.2, 0.25) is 0 Å². The first-order chi connectivity index (χ1) is 10.2. The van der Waals surface area contributed by atoms with Crippen molar-refractivity contribution in [3.8, 4) is 0 Å². The summed E-state index contributed by atoms with van der Waals surface area (Å²) in [5, 5.41) is 11.8. The quantitative estimate of drug-likeness (QED) is 0.726. The molecule has 2 rings (SSSR count). The lowest BCUT2D eigenvalue weighted by molar-refractivity contribution is 0.544. The Morgan fingerprint density at radius 3 is 2.95 bits per heavy atom. The normalized spacial score (nSPS) is 12.5. The summed E-state index contributed by atoms with van der Waals surface area (Å²) in [6.07, 6.45) is 4.04. The fourth-order valence-corrected chi connectivity index (χ4v) is 3.60. The van der Waals surface area contributed by atoms with E-state index in [2.05, 4.69) is 62.7 Å². The van der Waals surface area contributed by atoms with Gasteiger partial charge in [0.15, 0.2) is 0 Å². The second-order valence-corrected chi connectivity index (χ2v) is 7.02. The van der Waals surface area contributed by atoms with E-state index in [1.165, 1.54) is 4.90 Å². The van der Waals surface area contributed by atoms with Crippen LogP contribution in [0.25, 0.3) is 0 Å². The van der Waals surface area contributed by atoms with Crippen LogP contribution in [-0.4, -0.2) is 33.3 Å². The second-order valence-electron chi connectivity index (χ2n) is 5.01. The molecule has 0 aliphatic heterocycles. The van der Waals surface area contributed by atoms with Crippen molar-refractivity contribution in [1.29, 1.82) is 0 Å². The highest BCUT2D eigenvalue weighted by Crippen LogP contribution is 2.23. The third kappa shape index (κ3) is 5.80. The molecule has 0 saturated heterocycles. The van der Waals surface area contributed by atoms with Gasteiger partial charge in [-0.15, -0.1) is 16.9 Å². The number of hydrogen-bond acceptors (Lipinski definition) is 4. The monoisotopic (exact) mass is 368 g/mol. The Bertz CT molecular complexity index is 558.